The van der Waals surface area contributed by atoms with Crippen molar-refractivity contribution in [1.82, 2.24) is 0 Å². The lowest BCUT2D eigenvalue weighted by atomic mass is 9.70. The summed E-state index contributed by atoms with van der Waals surface area (Å²) in [5, 5.41) is 34.0. The lowest BCUT2D eigenvalue weighted by molar-refractivity contribution is -0.152. The predicted octanol–water partition coefficient (Wildman–Crippen LogP) is 1.10. The van der Waals surface area contributed by atoms with Crippen LogP contribution in [0.15, 0.2) is 0 Å². The fourth-order valence-electron chi connectivity index (χ4n) is 3.41. The summed E-state index contributed by atoms with van der Waals surface area (Å²) < 4.78 is 0. The predicted molar refractivity (Wildman–Crippen MR) is 71.1 cm³/mol. The van der Waals surface area contributed by atoms with Crippen LogP contribution in [0.3, 0.4) is 0 Å². The van der Waals surface area contributed by atoms with Crippen LogP contribution < -0.4 is 0 Å². The summed E-state index contributed by atoms with van der Waals surface area (Å²) in [5.74, 6) is -2.06. The van der Waals surface area contributed by atoms with Crippen molar-refractivity contribution in [3.63, 3.8) is 0 Å². The SMILES string of the molecule is CC1(C)[C@@H]2CC[C@]1(C)[C@@H](O)C2.O=C(O)CC(O)C(=O)O. The molecule has 2 bridgehead atoms. The molecule has 0 saturated heterocycles. The molecular weight excluding hydrogens is 264 g/mol. The highest BCUT2D eigenvalue weighted by atomic mass is 16.4. The Hall–Kier alpha value is -1.14. The molecule has 2 rings (SSSR count). The molecule has 6 nitrogen and oxygen atoms in total. The molecule has 0 aromatic carbocycles. The number of fused-ring (bicyclic) bond motifs is 2. The van der Waals surface area contributed by atoms with E-state index in [0.29, 0.717) is 5.41 Å². The first kappa shape index (κ1) is 16.9. The fraction of sp³-hybridized carbons (Fsp3) is 0.857. The van der Waals surface area contributed by atoms with E-state index >= 15 is 0 Å². The Kier molecular flexibility index (Phi) is 4.82. The first-order valence-corrected chi connectivity index (χ1v) is 6.83. The number of aliphatic carboxylic acids is 2. The standard InChI is InChI=1S/C10H18O.C4H6O5/c1-9(2)7-4-5-10(9,3)8(11)6-7;5-2(4(8)9)1-3(6)7/h7-8,11H,4-6H2,1-3H3;2,5H,1H2,(H,6,7)(H,8,9)/t7-,8+,10-;/m1./s1. The molecule has 0 aromatic heterocycles. The van der Waals surface area contributed by atoms with Gasteiger partial charge in [0.15, 0.2) is 6.10 Å². The van der Waals surface area contributed by atoms with Gasteiger partial charge < -0.3 is 20.4 Å². The molecule has 116 valence electrons. The Morgan fingerprint density at radius 3 is 1.95 bits per heavy atom. The monoisotopic (exact) mass is 288 g/mol. The molecule has 0 spiro atoms. The molecule has 4 N–H and O–H groups in total. The third-order valence-electron chi connectivity index (χ3n) is 5.40. The Labute approximate surface area is 118 Å². The molecule has 0 amide bonds. The summed E-state index contributed by atoms with van der Waals surface area (Å²) in [6.07, 6.45) is 1.03. The number of hydrogen-bond donors (Lipinski definition) is 4. The van der Waals surface area contributed by atoms with E-state index in [9.17, 15) is 14.7 Å². The van der Waals surface area contributed by atoms with Crippen LogP contribution in [0.2, 0.25) is 0 Å². The van der Waals surface area contributed by atoms with E-state index in [2.05, 4.69) is 20.8 Å². The molecule has 0 radical (unpaired) electrons. The van der Waals surface area contributed by atoms with Crippen molar-refractivity contribution in [2.24, 2.45) is 16.7 Å². The van der Waals surface area contributed by atoms with Gasteiger partial charge in [0.25, 0.3) is 0 Å². The summed E-state index contributed by atoms with van der Waals surface area (Å²) in [6, 6.07) is 0. The van der Waals surface area contributed by atoms with Crippen molar-refractivity contribution < 1.29 is 30.0 Å². The number of aliphatic hydroxyl groups is 2. The lowest BCUT2D eigenvalue weighted by Gasteiger charge is -2.36. The highest BCUT2D eigenvalue weighted by Crippen LogP contribution is 2.65. The van der Waals surface area contributed by atoms with Gasteiger partial charge in [-0.1, -0.05) is 20.8 Å². The van der Waals surface area contributed by atoms with Gasteiger partial charge in [0.2, 0.25) is 0 Å². The van der Waals surface area contributed by atoms with Crippen LogP contribution in [0.5, 0.6) is 0 Å². The Bertz CT molecular complexity index is 391. The molecule has 0 heterocycles. The quantitative estimate of drug-likeness (QED) is 0.618. The maximum Gasteiger partial charge on any atom is 0.333 e. The van der Waals surface area contributed by atoms with Gasteiger partial charge in [0.1, 0.15) is 0 Å². The van der Waals surface area contributed by atoms with Crippen molar-refractivity contribution in [2.45, 2.75) is 58.7 Å². The van der Waals surface area contributed by atoms with Crippen LogP contribution in [0.1, 0.15) is 46.5 Å². The van der Waals surface area contributed by atoms with Gasteiger partial charge in [-0.2, -0.15) is 0 Å². The van der Waals surface area contributed by atoms with Gasteiger partial charge in [0, 0.05) is 0 Å². The van der Waals surface area contributed by atoms with E-state index in [-0.39, 0.29) is 11.5 Å². The molecule has 2 fully saturated rings. The van der Waals surface area contributed by atoms with Crippen LogP contribution in [0.25, 0.3) is 0 Å². The first-order valence-electron chi connectivity index (χ1n) is 6.83. The van der Waals surface area contributed by atoms with Gasteiger partial charge in [-0.05, 0) is 36.0 Å². The largest absolute Gasteiger partial charge is 0.481 e. The molecule has 4 atom stereocenters. The van der Waals surface area contributed by atoms with Crippen LogP contribution in [0, 0.1) is 16.7 Å². The highest BCUT2D eigenvalue weighted by Gasteiger charge is 2.60. The molecule has 20 heavy (non-hydrogen) atoms. The summed E-state index contributed by atoms with van der Waals surface area (Å²) in [7, 11) is 0. The highest BCUT2D eigenvalue weighted by molar-refractivity contribution is 5.79. The normalized spacial score (nSPS) is 35.0. The zero-order chi connectivity index (χ0) is 15.7. The van der Waals surface area contributed by atoms with Gasteiger partial charge in [0.05, 0.1) is 12.5 Å². The number of hydrogen-bond acceptors (Lipinski definition) is 4. The van der Waals surface area contributed by atoms with Gasteiger partial charge in [-0.25, -0.2) is 4.79 Å². The average Bonchev–Trinajstić information content (AvgIpc) is 2.62. The minimum absolute atomic E-state index is 0.0313. The maximum absolute atomic E-state index is 9.81. The minimum atomic E-state index is -1.79. The second kappa shape index (κ2) is 5.69. The molecule has 0 aromatic rings. The summed E-state index contributed by atoms with van der Waals surface area (Å²) in [4.78, 5) is 19.4. The number of carboxylic acids is 2. The van der Waals surface area contributed by atoms with Crippen molar-refractivity contribution >= 4 is 11.9 Å². The third kappa shape index (κ3) is 2.96. The van der Waals surface area contributed by atoms with Crippen LogP contribution in [0.4, 0.5) is 0 Å². The van der Waals surface area contributed by atoms with Gasteiger partial charge in [-0.15, -0.1) is 0 Å². The Balaban J connectivity index is 0.000000206. The summed E-state index contributed by atoms with van der Waals surface area (Å²) in [5.41, 5.74) is 0.601. The molecular formula is C14H24O6. The average molecular weight is 288 g/mol. The fourth-order valence-corrected chi connectivity index (χ4v) is 3.41. The molecule has 1 unspecified atom stereocenters. The molecule has 2 aliphatic rings. The van der Waals surface area contributed by atoms with Crippen molar-refractivity contribution in [1.29, 1.82) is 0 Å². The second-order valence-electron chi connectivity index (χ2n) is 6.58. The molecule has 2 aliphatic carbocycles. The van der Waals surface area contributed by atoms with Gasteiger partial charge in [-0.3, -0.25) is 4.79 Å². The minimum Gasteiger partial charge on any atom is -0.481 e. The molecule has 0 aliphatic heterocycles. The van der Waals surface area contributed by atoms with E-state index < -0.39 is 24.5 Å². The maximum atomic E-state index is 9.81. The van der Waals surface area contributed by atoms with E-state index in [1.807, 2.05) is 0 Å². The van der Waals surface area contributed by atoms with Gasteiger partial charge >= 0.3 is 11.9 Å². The van der Waals surface area contributed by atoms with Crippen molar-refractivity contribution in [3.8, 4) is 0 Å². The topological polar surface area (TPSA) is 115 Å². The molecule has 6 heteroatoms. The summed E-state index contributed by atoms with van der Waals surface area (Å²) in [6.45, 7) is 6.90. The zero-order valence-electron chi connectivity index (χ0n) is 12.2. The molecule has 2 saturated carbocycles. The third-order valence-corrected chi connectivity index (χ3v) is 5.40. The number of rotatable bonds is 3. The smallest absolute Gasteiger partial charge is 0.333 e. The first-order chi connectivity index (χ1) is 9.02. The van der Waals surface area contributed by atoms with E-state index in [0.717, 1.165) is 12.3 Å². The number of aliphatic hydroxyl groups excluding tert-OH is 2. The zero-order valence-corrected chi connectivity index (χ0v) is 12.2. The van der Waals surface area contributed by atoms with Crippen molar-refractivity contribution in [2.75, 3.05) is 0 Å². The van der Waals surface area contributed by atoms with Crippen molar-refractivity contribution in [3.05, 3.63) is 0 Å². The Morgan fingerprint density at radius 2 is 1.80 bits per heavy atom. The van der Waals surface area contributed by atoms with E-state index in [4.69, 9.17) is 15.3 Å². The number of carbonyl (C=O) groups is 2. The Morgan fingerprint density at radius 1 is 1.25 bits per heavy atom. The van der Waals surface area contributed by atoms with Crippen LogP contribution in [-0.2, 0) is 9.59 Å². The lowest BCUT2D eigenvalue weighted by Crippen LogP contribution is -2.35. The van der Waals surface area contributed by atoms with Crippen LogP contribution in [-0.4, -0.2) is 44.6 Å². The second-order valence-corrected chi connectivity index (χ2v) is 6.58. The van der Waals surface area contributed by atoms with Crippen LogP contribution >= 0.6 is 0 Å². The van der Waals surface area contributed by atoms with E-state index in [1.165, 1.54) is 12.8 Å². The summed E-state index contributed by atoms with van der Waals surface area (Å²) >= 11 is 0. The van der Waals surface area contributed by atoms with E-state index in [1.54, 1.807) is 0 Å². The number of carboxylic acid groups (broad SMARTS) is 2.